The van der Waals surface area contributed by atoms with Crippen LogP contribution in [0.25, 0.3) is 22.4 Å². The number of hydrogen-bond acceptors (Lipinski definition) is 5. The SMILES string of the molecule is O=S1(=O)CCN(c2cc(-c3nc4ccccc4[nH]3)ccn2)CC1. The average Bonchev–Trinajstić information content (AvgIpc) is 2.99. The molecule has 0 saturated carbocycles. The Labute approximate surface area is 134 Å². The van der Waals surface area contributed by atoms with Gasteiger partial charge >= 0.3 is 0 Å². The van der Waals surface area contributed by atoms with Gasteiger partial charge in [0.2, 0.25) is 0 Å². The van der Waals surface area contributed by atoms with Crippen molar-refractivity contribution in [2.45, 2.75) is 0 Å². The number of fused-ring (bicyclic) bond motifs is 1. The van der Waals surface area contributed by atoms with Crippen LogP contribution in [0.2, 0.25) is 0 Å². The smallest absolute Gasteiger partial charge is 0.153 e. The van der Waals surface area contributed by atoms with Gasteiger partial charge in [-0.2, -0.15) is 0 Å². The van der Waals surface area contributed by atoms with Crippen molar-refractivity contribution in [3.63, 3.8) is 0 Å². The number of benzene rings is 1. The molecule has 0 amide bonds. The van der Waals surface area contributed by atoms with Crippen molar-refractivity contribution < 1.29 is 8.42 Å². The van der Waals surface area contributed by atoms with Crippen LogP contribution < -0.4 is 4.90 Å². The highest BCUT2D eigenvalue weighted by Gasteiger charge is 2.22. The summed E-state index contributed by atoms with van der Waals surface area (Å²) in [5.74, 6) is 1.95. The molecule has 3 heterocycles. The van der Waals surface area contributed by atoms with E-state index in [1.807, 2.05) is 41.3 Å². The fraction of sp³-hybridized carbons (Fsp3) is 0.250. The molecule has 118 valence electrons. The van der Waals surface area contributed by atoms with Crippen molar-refractivity contribution in [1.29, 1.82) is 0 Å². The third-order valence-electron chi connectivity index (χ3n) is 4.08. The minimum atomic E-state index is -2.89. The molecular weight excluding hydrogens is 312 g/mol. The van der Waals surface area contributed by atoms with E-state index >= 15 is 0 Å². The lowest BCUT2D eigenvalue weighted by atomic mass is 10.2. The predicted octanol–water partition coefficient (Wildman–Crippen LogP) is 1.86. The zero-order chi connectivity index (χ0) is 15.9. The molecule has 1 N–H and O–H groups in total. The van der Waals surface area contributed by atoms with Crippen molar-refractivity contribution in [1.82, 2.24) is 15.0 Å². The van der Waals surface area contributed by atoms with Crippen LogP contribution in [0.3, 0.4) is 0 Å². The molecule has 0 unspecified atom stereocenters. The number of nitrogens with zero attached hydrogens (tertiary/aromatic N) is 3. The summed E-state index contributed by atoms with van der Waals surface area (Å²) in [6.07, 6.45) is 1.74. The van der Waals surface area contributed by atoms with Gasteiger partial charge in [0.25, 0.3) is 0 Å². The molecule has 0 atom stereocenters. The molecular formula is C16H16N4O2S. The molecule has 2 aromatic heterocycles. The quantitative estimate of drug-likeness (QED) is 0.777. The minimum absolute atomic E-state index is 0.184. The monoisotopic (exact) mass is 328 g/mol. The van der Waals surface area contributed by atoms with E-state index in [2.05, 4.69) is 15.0 Å². The molecule has 1 aliphatic rings. The Balaban J connectivity index is 1.66. The summed E-state index contributed by atoms with van der Waals surface area (Å²) >= 11 is 0. The largest absolute Gasteiger partial charge is 0.355 e. The van der Waals surface area contributed by atoms with Crippen molar-refractivity contribution in [2.75, 3.05) is 29.5 Å². The molecule has 0 radical (unpaired) electrons. The van der Waals surface area contributed by atoms with Crippen LogP contribution in [0.5, 0.6) is 0 Å². The third-order valence-corrected chi connectivity index (χ3v) is 5.69. The number of rotatable bonds is 2. The second-order valence-corrected chi connectivity index (χ2v) is 7.95. The van der Waals surface area contributed by atoms with E-state index in [4.69, 9.17) is 0 Å². The van der Waals surface area contributed by atoms with Gasteiger partial charge in [-0.15, -0.1) is 0 Å². The number of H-pyrrole nitrogens is 1. The molecule has 23 heavy (non-hydrogen) atoms. The first-order valence-electron chi connectivity index (χ1n) is 7.47. The molecule has 0 bridgehead atoms. The number of aromatic amines is 1. The first kappa shape index (κ1) is 14.2. The van der Waals surface area contributed by atoms with Crippen LogP contribution in [0, 0.1) is 0 Å². The maximum atomic E-state index is 11.6. The van der Waals surface area contributed by atoms with Crippen LogP contribution in [-0.2, 0) is 9.84 Å². The van der Waals surface area contributed by atoms with Crippen molar-refractivity contribution in [3.8, 4) is 11.4 Å². The van der Waals surface area contributed by atoms with E-state index in [0.29, 0.717) is 13.1 Å². The van der Waals surface area contributed by atoms with Crippen molar-refractivity contribution in [3.05, 3.63) is 42.6 Å². The van der Waals surface area contributed by atoms with E-state index in [1.165, 1.54) is 0 Å². The van der Waals surface area contributed by atoms with Gasteiger partial charge in [0.05, 0.1) is 22.5 Å². The molecule has 1 saturated heterocycles. The maximum Gasteiger partial charge on any atom is 0.153 e. The first-order chi connectivity index (χ1) is 11.1. The molecule has 6 nitrogen and oxygen atoms in total. The van der Waals surface area contributed by atoms with E-state index < -0.39 is 9.84 Å². The number of nitrogens with one attached hydrogen (secondary N) is 1. The molecule has 0 aliphatic carbocycles. The van der Waals surface area contributed by atoms with Gasteiger partial charge in [-0.25, -0.2) is 18.4 Å². The maximum absolute atomic E-state index is 11.6. The molecule has 1 aliphatic heterocycles. The number of para-hydroxylation sites is 2. The molecule has 7 heteroatoms. The summed E-state index contributed by atoms with van der Waals surface area (Å²) < 4.78 is 23.1. The lowest BCUT2D eigenvalue weighted by Gasteiger charge is -2.27. The average molecular weight is 328 g/mol. The fourth-order valence-corrected chi connectivity index (χ4v) is 3.97. The van der Waals surface area contributed by atoms with Crippen LogP contribution in [-0.4, -0.2) is 48.0 Å². The summed E-state index contributed by atoms with van der Waals surface area (Å²) in [4.78, 5) is 14.3. The van der Waals surface area contributed by atoms with E-state index in [0.717, 1.165) is 28.2 Å². The van der Waals surface area contributed by atoms with Crippen molar-refractivity contribution >= 4 is 26.7 Å². The summed E-state index contributed by atoms with van der Waals surface area (Å²) in [5.41, 5.74) is 2.86. The Morgan fingerprint density at radius 2 is 1.87 bits per heavy atom. The molecule has 1 aromatic carbocycles. The third kappa shape index (κ3) is 2.79. The van der Waals surface area contributed by atoms with Gasteiger partial charge in [0.15, 0.2) is 9.84 Å². The molecule has 4 rings (SSSR count). The van der Waals surface area contributed by atoms with E-state index in [9.17, 15) is 8.42 Å². The van der Waals surface area contributed by atoms with Crippen molar-refractivity contribution in [2.24, 2.45) is 0 Å². The van der Waals surface area contributed by atoms with Crippen LogP contribution >= 0.6 is 0 Å². The molecule has 1 fully saturated rings. The van der Waals surface area contributed by atoms with E-state index in [1.54, 1.807) is 6.20 Å². The van der Waals surface area contributed by atoms with Gasteiger partial charge in [-0.1, -0.05) is 12.1 Å². The number of pyridine rings is 1. The van der Waals surface area contributed by atoms with Crippen LogP contribution in [0.15, 0.2) is 42.6 Å². The fourth-order valence-electron chi connectivity index (χ4n) is 2.77. The second-order valence-electron chi connectivity index (χ2n) is 5.64. The highest BCUT2D eigenvalue weighted by atomic mass is 32.2. The molecule has 0 spiro atoms. The van der Waals surface area contributed by atoms with Crippen LogP contribution in [0.1, 0.15) is 0 Å². The van der Waals surface area contributed by atoms with Gasteiger partial charge < -0.3 is 9.88 Å². The number of imidazole rings is 1. The number of hydrogen-bond donors (Lipinski definition) is 1. The highest BCUT2D eigenvalue weighted by molar-refractivity contribution is 7.91. The zero-order valence-electron chi connectivity index (χ0n) is 12.4. The first-order valence-corrected chi connectivity index (χ1v) is 9.29. The summed E-state index contributed by atoms with van der Waals surface area (Å²) in [7, 11) is -2.89. The Morgan fingerprint density at radius 3 is 2.65 bits per heavy atom. The highest BCUT2D eigenvalue weighted by Crippen LogP contribution is 2.24. The Kier molecular flexibility index (Phi) is 3.30. The van der Waals surface area contributed by atoms with Crippen LogP contribution in [0.4, 0.5) is 5.82 Å². The minimum Gasteiger partial charge on any atom is -0.355 e. The Morgan fingerprint density at radius 1 is 1.09 bits per heavy atom. The summed E-state index contributed by atoms with van der Waals surface area (Å²) in [6.45, 7) is 0.970. The number of anilines is 1. The van der Waals surface area contributed by atoms with E-state index in [-0.39, 0.29) is 11.5 Å². The van der Waals surface area contributed by atoms with Gasteiger partial charge in [0.1, 0.15) is 11.6 Å². The zero-order valence-corrected chi connectivity index (χ0v) is 13.3. The standard InChI is InChI=1S/C16H16N4O2S/c21-23(22)9-7-20(8-10-23)15-11-12(5-6-17-15)16-18-13-3-1-2-4-14(13)19-16/h1-6,11H,7-10H2,(H,18,19). The lowest BCUT2D eigenvalue weighted by molar-refractivity contribution is 0.586. The summed E-state index contributed by atoms with van der Waals surface area (Å²) in [6, 6.07) is 11.7. The second kappa shape index (κ2) is 5.34. The van der Waals surface area contributed by atoms with Gasteiger partial charge in [-0.3, -0.25) is 0 Å². The van der Waals surface area contributed by atoms with Gasteiger partial charge in [0, 0.05) is 24.8 Å². The Bertz CT molecular complexity index is 918. The Hall–Kier alpha value is -2.41. The number of sulfone groups is 1. The van der Waals surface area contributed by atoms with Gasteiger partial charge in [-0.05, 0) is 24.3 Å². The predicted molar refractivity (Wildman–Crippen MR) is 90.2 cm³/mol. The number of aromatic nitrogens is 3. The summed E-state index contributed by atoms with van der Waals surface area (Å²) in [5, 5.41) is 0. The molecule has 3 aromatic rings. The topological polar surface area (TPSA) is 79.0 Å². The lowest BCUT2D eigenvalue weighted by Crippen LogP contribution is -2.40. The normalized spacial score (nSPS) is 17.5.